The van der Waals surface area contributed by atoms with Crippen LogP contribution in [0.4, 0.5) is 0 Å². The number of hydrogen-bond donors (Lipinski definition) is 0. The minimum atomic E-state index is -1.45. The van der Waals surface area contributed by atoms with Gasteiger partial charge >= 0.3 is 26.2 Å². The van der Waals surface area contributed by atoms with Gasteiger partial charge in [-0.1, -0.05) is 68.9 Å². The number of halogens is 2. The van der Waals surface area contributed by atoms with Crippen molar-refractivity contribution in [2.75, 3.05) is 0 Å². The van der Waals surface area contributed by atoms with Crippen molar-refractivity contribution in [1.29, 1.82) is 0 Å². The topological polar surface area (TPSA) is 9.23 Å². The summed E-state index contributed by atoms with van der Waals surface area (Å²) in [6.45, 7) is 16.0. The SMILES string of the molecule is CC1c2[c-]cccc2-c2ccccc21.CCc1c(O[Si](C)(C)C)cc[c-]1[SiH](C)C.[Cl-].[Cl-].[Zr+4]. The quantitative estimate of drug-likeness (QED) is 0.323. The minimum absolute atomic E-state index is 0. The van der Waals surface area contributed by atoms with Crippen molar-refractivity contribution < 1.29 is 55.4 Å². The second-order valence-corrected chi connectivity index (χ2v) is 16.5. The normalized spacial score (nSPS) is 13.4. The van der Waals surface area contributed by atoms with E-state index in [1.165, 1.54) is 27.8 Å². The van der Waals surface area contributed by atoms with E-state index >= 15 is 0 Å². The third-order valence-electron chi connectivity index (χ3n) is 5.49. The molecule has 0 saturated heterocycles. The molecule has 32 heavy (non-hydrogen) atoms. The summed E-state index contributed by atoms with van der Waals surface area (Å²) in [7, 11) is -2.15. The molecule has 0 bridgehead atoms. The Morgan fingerprint density at radius 1 is 1.00 bits per heavy atom. The van der Waals surface area contributed by atoms with Crippen molar-refractivity contribution in [3.8, 4) is 16.9 Å². The van der Waals surface area contributed by atoms with Crippen molar-refractivity contribution in [2.24, 2.45) is 0 Å². The minimum Gasteiger partial charge on any atom is -1.00 e. The van der Waals surface area contributed by atoms with Gasteiger partial charge in [0.15, 0.2) is 0 Å². The van der Waals surface area contributed by atoms with Crippen molar-refractivity contribution in [2.45, 2.75) is 58.9 Å². The third kappa shape index (κ3) is 7.24. The van der Waals surface area contributed by atoms with Crippen LogP contribution >= 0.6 is 0 Å². The summed E-state index contributed by atoms with van der Waals surface area (Å²) >= 11 is 0. The van der Waals surface area contributed by atoms with Crippen LogP contribution in [0.5, 0.6) is 5.75 Å². The molecule has 3 aromatic rings. The zero-order chi connectivity index (χ0) is 21.2. The Morgan fingerprint density at radius 3 is 2.22 bits per heavy atom. The van der Waals surface area contributed by atoms with E-state index in [4.69, 9.17) is 4.43 Å². The summed E-state index contributed by atoms with van der Waals surface area (Å²) in [5, 5.41) is 1.59. The van der Waals surface area contributed by atoms with E-state index in [9.17, 15) is 0 Å². The van der Waals surface area contributed by atoms with Crippen LogP contribution in [0.2, 0.25) is 32.7 Å². The van der Waals surface area contributed by atoms with Crippen molar-refractivity contribution in [3.63, 3.8) is 0 Å². The van der Waals surface area contributed by atoms with E-state index in [0.29, 0.717) is 5.92 Å². The number of benzene rings is 2. The summed E-state index contributed by atoms with van der Waals surface area (Å²) in [5.74, 6) is 1.66. The molecule has 0 fully saturated rings. The summed E-state index contributed by atoms with van der Waals surface area (Å²) in [6, 6.07) is 22.7. The Kier molecular flexibility index (Phi) is 13.2. The Morgan fingerprint density at radius 2 is 1.62 bits per heavy atom. The second-order valence-electron chi connectivity index (χ2n) is 9.16. The standard InChI is InChI=1S/C14H11.C12H23OSi2.2ClH.Zr/c1-10-11-6-2-4-8-13(11)14-9-5-3-7-12(10)14;1-7-10-11(13-15(4,5)6)8-9-12(10)14(2)3;;;/h2-6,8-10H,1H3;8-9,14H,7H2,1-6H3;2*1H;/q2*-1;;;+4/p-2. The summed E-state index contributed by atoms with van der Waals surface area (Å²) in [6.07, 6.45) is 1.10. The fourth-order valence-electron chi connectivity index (χ4n) is 4.17. The Labute approximate surface area is 229 Å². The van der Waals surface area contributed by atoms with Gasteiger partial charge in [-0.2, -0.15) is 41.6 Å². The zero-order valence-corrected chi connectivity index (χ0v) is 26.3. The van der Waals surface area contributed by atoms with Crippen molar-refractivity contribution in [1.82, 2.24) is 0 Å². The molecule has 0 aromatic heterocycles. The second kappa shape index (κ2) is 13.4. The number of fused-ring (bicyclic) bond motifs is 3. The van der Waals surface area contributed by atoms with Crippen molar-refractivity contribution in [3.05, 3.63) is 77.4 Å². The molecule has 0 aliphatic heterocycles. The molecule has 6 heteroatoms. The van der Waals surface area contributed by atoms with E-state index in [-0.39, 0.29) is 51.0 Å². The monoisotopic (exact) mass is 578 g/mol. The molecule has 4 rings (SSSR count). The maximum Gasteiger partial charge on any atom is 4.00 e. The van der Waals surface area contributed by atoms with Crippen LogP contribution < -0.4 is 34.4 Å². The van der Waals surface area contributed by atoms with Gasteiger partial charge in [-0.05, 0) is 31.1 Å². The van der Waals surface area contributed by atoms with Crippen molar-refractivity contribution >= 4 is 22.3 Å². The first-order valence-corrected chi connectivity index (χ1v) is 17.1. The molecule has 1 atom stereocenters. The Bertz CT molecular complexity index is 934. The molecule has 3 aromatic carbocycles. The predicted octanol–water partition coefficient (Wildman–Crippen LogP) is 0.500. The van der Waals surface area contributed by atoms with E-state index in [1.54, 1.807) is 5.19 Å². The van der Waals surface area contributed by atoms with Crippen LogP contribution in [0.15, 0.2) is 54.6 Å². The average molecular weight is 581 g/mol. The molecule has 170 valence electrons. The number of hydrogen-bond acceptors (Lipinski definition) is 1. The molecule has 0 heterocycles. The molecule has 0 spiro atoms. The fourth-order valence-corrected chi connectivity index (χ4v) is 6.55. The van der Waals surface area contributed by atoms with Gasteiger partial charge in [-0.25, -0.2) is 0 Å². The first-order chi connectivity index (χ1) is 13.7. The largest absolute Gasteiger partial charge is 4.00 e. The maximum atomic E-state index is 6.12. The summed E-state index contributed by atoms with van der Waals surface area (Å²) in [5.41, 5.74) is 6.99. The Hall–Kier alpha value is -0.513. The van der Waals surface area contributed by atoms with E-state index in [2.05, 4.69) is 101 Å². The summed E-state index contributed by atoms with van der Waals surface area (Å²) in [4.78, 5) is 0. The van der Waals surface area contributed by atoms with Crippen LogP contribution in [0.25, 0.3) is 11.1 Å². The van der Waals surface area contributed by atoms with E-state index < -0.39 is 17.1 Å². The molecule has 0 saturated carbocycles. The summed E-state index contributed by atoms with van der Waals surface area (Å²) < 4.78 is 6.12. The molecule has 0 N–H and O–H groups in total. The van der Waals surface area contributed by atoms with Crippen LogP contribution in [-0.2, 0) is 32.6 Å². The van der Waals surface area contributed by atoms with Gasteiger partial charge in [0.05, 0.1) is 0 Å². The van der Waals surface area contributed by atoms with Gasteiger partial charge in [0.1, 0.15) is 0 Å². The molecule has 1 unspecified atom stereocenters. The van der Waals surface area contributed by atoms with Gasteiger partial charge in [0, 0.05) is 8.80 Å². The van der Waals surface area contributed by atoms with Crippen LogP contribution in [0.3, 0.4) is 0 Å². The number of rotatable bonds is 4. The van der Waals surface area contributed by atoms with Gasteiger partial charge in [0.2, 0.25) is 8.32 Å². The Balaban J connectivity index is 0.000000549. The molecule has 0 amide bonds. The molecule has 0 radical (unpaired) electrons. The molecular formula is C26H34Cl2OSi2Zr. The molecule has 1 aliphatic carbocycles. The van der Waals surface area contributed by atoms with E-state index in [0.717, 1.165) is 12.2 Å². The first kappa shape index (κ1) is 31.5. The van der Waals surface area contributed by atoms with Gasteiger partial charge in [0.25, 0.3) is 0 Å². The molecular weight excluding hydrogens is 547 g/mol. The smallest absolute Gasteiger partial charge is 1.00 e. The van der Waals surface area contributed by atoms with Gasteiger partial charge in [-0.15, -0.1) is 16.7 Å². The molecule has 1 nitrogen and oxygen atoms in total. The fraction of sp³-hybridized carbons (Fsp3) is 0.346. The van der Waals surface area contributed by atoms with Gasteiger partial charge < -0.3 is 29.2 Å². The predicted molar refractivity (Wildman–Crippen MR) is 132 cm³/mol. The third-order valence-corrected chi connectivity index (χ3v) is 8.11. The maximum absolute atomic E-state index is 6.12. The van der Waals surface area contributed by atoms with Crippen LogP contribution in [0.1, 0.15) is 36.5 Å². The zero-order valence-electron chi connectivity index (χ0n) is 20.2. The first-order valence-electron chi connectivity index (χ1n) is 10.8. The van der Waals surface area contributed by atoms with E-state index in [1.807, 2.05) is 6.07 Å². The molecule has 1 aliphatic rings. The van der Waals surface area contributed by atoms with Gasteiger partial charge in [-0.3, -0.25) is 0 Å². The average Bonchev–Trinajstić information content (AvgIpc) is 3.21. The van der Waals surface area contributed by atoms with Crippen LogP contribution in [0, 0.1) is 6.07 Å². The van der Waals surface area contributed by atoms with Crippen LogP contribution in [-0.4, -0.2) is 17.1 Å².